The molecule has 0 fully saturated rings. The first-order valence-corrected chi connectivity index (χ1v) is 9.77. The Morgan fingerprint density at radius 2 is 1.82 bits per heavy atom. The quantitative estimate of drug-likeness (QED) is 0.741. The van der Waals surface area contributed by atoms with Crippen molar-refractivity contribution in [2.45, 2.75) is 45.3 Å². The summed E-state index contributed by atoms with van der Waals surface area (Å²) in [5.41, 5.74) is 1.79. The van der Waals surface area contributed by atoms with Gasteiger partial charge in [-0.3, -0.25) is 4.79 Å². The van der Waals surface area contributed by atoms with E-state index in [1.807, 2.05) is 68.4 Å². The van der Waals surface area contributed by atoms with Crippen molar-refractivity contribution in [2.24, 2.45) is 5.92 Å². The van der Waals surface area contributed by atoms with Crippen molar-refractivity contribution in [1.29, 1.82) is 0 Å². The molecule has 0 radical (unpaired) electrons. The fourth-order valence-electron chi connectivity index (χ4n) is 3.40. The van der Waals surface area contributed by atoms with E-state index < -0.39 is 12.0 Å². The third kappa shape index (κ3) is 5.12. The van der Waals surface area contributed by atoms with Crippen molar-refractivity contribution in [3.8, 4) is 5.75 Å². The van der Waals surface area contributed by atoms with Crippen LogP contribution >= 0.6 is 0 Å². The second kappa shape index (κ2) is 9.40. The van der Waals surface area contributed by atoms with Gasteiger partial charge in [0.15, 0.2) is 0 Å². The Hall–Kier alpha value is -2.82. The van der Waals surface area contributed by atoms with Gasteiger partial charge in [-0.15, -0.1) is 0 Å². The molecule has 1 heterocycles. The highest BCUT2D eigenvalue weighted by molar-refractivity contribution is 5.89. The van der Waals surface area contributed by atoms with Crippen LogP contribution < -0.4 is 10.1 Å². The van der Waals surface area contributed by atoms with Crippen LogP contribution in [0.3, 0.4) is 0 Å². The van der Waals surface area contributed by atoms with Crippen LogP contribution in [0.15, 0.2) is 54.6 Å². The lowest BCUT2D eigenvalue weighted by Gasteiger charge is -2.27. The minimum absolute atomic E-state index is 0.155. The molecule has 0 aliphatic carbocycles. The van der Waals surface area contributed by atoms with Gasteiger partial charge in [0, 0.05) is 5.56 Å². The zero-order valence-corrected chi connectivity index (χ0v) is 16.4. The minimum atomic E-state index is -0.661. The second-order valence-corrected chi connectivity index (χ2v) is 7.51. The van der Waals surface area contributed by atoms with Gasteiger partial charge >= 0.3 is 5.97 Å². The summed E-state index contributed by atoms with van der Waals surface area (Å²) in [4.78, 5) is 25.6. The Labute approximate surface area is 166 Å². The number of hydrogen-bond acceptors (Lipinski definition) is 4. The lowest BCUT2D eigenvalue weighted by atomic mass is 9.91. The first-order valence-electron chi connectivity index (χ1n) is 9.77. The van der Waals surface area contributed by atoms with E-state index in [4.69, 9.17) is 9.47 Å². The maximum atomic E-state index is 13.0. The minimum Gasteiger partial charge on any atom is -0.493 e. The summed E-state index contributed by atoms with van der Waals surface area (Å²) < 4.78 is 11.1. The van der Waals surface area contributed by atoms with Crippen LogP contribution in [0.4, 0.5) is 0 Å². The van der Waals surface area contributed by atoms with E-state index in [0.717, 1.165) is 16.9 Å². The SMILES string of the molecule is CC(C)C[C@H](NC(=O)C1CCOc2ccccc21)C(=O)OCc1ccccc1. The normalized spacial score (nSPS) is 16.6. The molecular formula is C23H27NO4. The van der Waals surface area contributed by atoms with E-state index in [9.17, 15) is 9.59 Å². The number of esters is 1. The van der Waals surface area contributed by atoms with Crippen LogP contribution in [0.25, 0.3) is 0 Å². The fourth-order valence-corrected chi connectivity index (χ4v) is 3.40. The smallest absolute Gasteiger partial charge is 0.328 e. The number of rotatable bonds is 7. The molecule has 3 rings (SSSR count). The van der Waals surface area contributed by atoms with Gasteiger partial charge in [-0.25, -0.2) is 4.79 Å². The molecule has 2 aromatic rings. The molecule has 1 aliphatic heterocycles. The topological polar surface area (TPSA) is 64.6 Å². The molecule has 1 aliphatic rings. The molecular weight excluding hydrogens is 354 g/mol. The number of amides is 1. The fraction of sp³-hybridized carbons (Fsp3) is 0.391. The molecule has 0 saturated carbocycles. The van der Waals surface area contributed by atoms with E-state index in [1.165, 1.54) is 0 Å². The Balaban J connectivity index is 1.66. The largest absolute Gasteiger partial charge is 0.493 e. The van der Waals surface area contributed by atoms with Gasteiger partial charge in [0.05, 0.1) is 12.5 Å². The van der Waals surface area contributed by atoms with Gasteiger partial charge in [-0.2, -0.15) is 0 Å². The lowest BCUT2D eigenvalue weighted by molar-refractivity contribution is -0.149. The summed E-state index contributed by atoms with van der Waals surface area (Å²) in [6, 6.07) is 16.4. The van der Waals surface area contributed by atoms with E-state index in [0.29, 0.717) is 19.4 Å². The van der Waals surface area contributed by atoms with Gasteiger partial charge in [-0.1, -0.05) is 62.4 Å². The van der Waals surface area contributed by atoms with Crippen molar-refractivity contribution in [1.82, 2.24) is 5.32 Å². The van der Waals surface area contributed by atoms with Crippen molar-refractivity contribution in [2.75, 3.05) is 6.61 Å². The maximum Gasteiger partial charge on any atom is 0.328 e. The maximum absolute atomic E-state index is 13.0. The van der Waals surface area contributed by atoms with Crippen molar-refractivity contribution < 1.29 is 19.1 Å². The molecule has 2 aromatic carbocycles. The van der Waals surface area contributed by atoms with Crippen LogP contribution in [-0.4, -0.2) is 24.5 Å². The molecule has 5 heteroatoms. The molecule has 0 bridgehead atoms. The van der Waals surface area contributed by atoms with Gasteiger partial charge in [0.2, 0.25) is 5.91 Å². The van der Waals surface area contributed by atoms with E-state index >= 15 is 0 Å². The number of carbonyl (C=O) groups is 2. The highest BCUT2D eigenvalue weighted by atomic mass is 16.5. The molecule has 1 unspecified atom stereocenters. The Kier molecular flexibility index (Phi) is 6.69. The molecule has 5 nitrogen and oxygen atoms in total. The average Bonchev–Trinajstić information content (AvgIpc) is 2.71. The monoisotopic (exact) mass is 381 g/mol. The zero-order valence-electron chi connectivity index (χ0n) is 16.4. The predicted octanol–water partition coefficient (Wildman–Crippen LogP) is 3.83. The molecule has 148 valence electrons. The van der Waals surface area contributed by atoms with Crippen LogP contribution in [0.2, 0.25) is 0 Å². The highest BCUT2D eigenvalue weighted by Gasteiger charge is 2.31. The highest BCUT2D eigenvalue weighted by Crippen LogP contribution is 2.33. The third-order valence-electron chi connectivity index (χ3n) is 4.81. The molecule has 0 aromatic heterocycles. The number of ether oxygens (including phenoxy) is 2. The van der Waals surface area contributed by atoms with Crippen LogP contribution in [0.5, 0.6) is 5.75 Å². The second-order valence-electron chi connectivity index (χ2n) is 7.51. The van der Waals surface area contributed by atoms with E-state index in [2.05, 4.69) is 5.32 Å². The molecule has 0 spiro atoms. The number of carbonyl (C=O) groups excluding carboxylic acids is 2. The van der Waals surface area contributed by atoms with Crippen molar-refractivity contribution >= 4 is 11.9 Å². The summed E-state index contributed by atoms with van der Waals surface area (Å²) in [6.45, 7) is 4.73. The molecule has 1 N–H and O–H groups in total. The number of para-hydroxylation sites is 1. The van der Waals surface area contributed by atoms with Gasteiger partial charge < -0.3 is 14.8 Å². The Morgan fingerprint density at radius 3 is 2.57 bits per heavy atom. The lowest BCUT2D eigenvalue weighted by Crippen LogP contribution is -2.45. The number of nitrogens with one attached hydrogen (secondary N) is 1. The predicted molar refractivity (Wildman–Crippen MR) is 107 cm³/mol. The Bertz CT molecular complexity index is 803. The summed E-state index contributed by atoms with van der Waals surface area (Å²) in [7, 11) is 0. The summed E-state index contributed by atoms with van der Waals surface area (Å²) in [5.74, 6) is 0.114. The number of benzene rings is 2. The molecule has 0 saturated heterocycles. The molecule has 2 atom stereocenters. The van der Waals surface area contributed by atoms with Crippen LogP contribution in [0.1, 0.15) is 43.7 Å². The summed E-state index contributed by atoms with van der Waals surface area (Å²) in [6.07, 6.45) is 1.13. The Morgan fingerprint density at radius 1 is 1.11 bits per heavy atom. The summed E-state index contributed by atoms with van der Waals surface area (Å²) in [5, 5.41) is 2.93. The van der Waals surface area contributed by atoms with Crippen molar-refractivity contribution in [3.63, 3.8) is 0 Å². The first-order chi connectivity index (χ1) is 13.5. The summed E-state index contributed by atoms with van der Waals surface area (Å²) >= 11 is 0. The molecule has 28 heavy (non-hydrogen) atoms. The van der Waals surface area contributed by atoms with Gasteiger partial charge in [0.1, 0.15) is 18.4 Å². The van der Waals surface area contributed by atoms with Gasteiger partial charge in [0.25, 0.3) is 0 Å². The zero-order chi connectivity index (χ0) is 19.9. The van der Waals surface area contributed by atoms with E-state index in [-0.39, 0.29) is 24.3 Å². The standard InChI is InChI=1S/C23H27NO4/c1-16(2)14-20(23(26)28-15-17-8-4-3-5-9-17)24-22(25)19-12-13-27-21-11-7-6-10-18(19)21/h3-11,16,19-20H,12-15H2,1-2H3,(H,24,25)/t19?,20-/m0/s1. The van der Waals surface area contributed by atoms with Crippen LogP contribution in [0, 0.1) is 5.92 Å². The average molecular weight is 381 g/mol. The van der Waals surface area contributed by atoms with Gasteiger partial charge in [-0.05, 0) is 30.4 Å². The number of fused-ring (bicyclic) bond motifs is 1. The third-order valence-corrected chi connectivity index (χ3v) is 4.81. The first kappa shape index (κ1) is 19.9. The van der Waals surface area contributed by atoms with Crippen LogP contribution in [-0.2, 0) is 20.9 Å². The number of hydrogen-bond donors (Lipinski definition) is 1. The van der Waals surface area contributed by atoms with E-state index in [1.54, 1.807) is 0 Å². The van der Waals surface area contributed by atoms with Crippen molar-refractivity contribution in [3.05, 3.63) is 65.7 Å². The molecule has 1 amide bonds.